The van der Waals surface area contributed by atoms with Crippen LogP contribution in [0.4, 0.5) is 0 Å². The summed E-state index contributed by atoms with van der Waals surface area (Å²) in [6.07, 6.45) is 1.20. The summed E-state index contributed by atoms with van der Waals surface area (Å²) in [5.74, 6) is 0. The minimum atomic E-state index is 0.177. The van der Waals surface area contributed by atoms with E-state index in [4.69, 9.17) is 0 Å². The Balaban J connectivity index is 2.36. The van der Waals surface area contributed by atoms with Crippen LogP contribution in [-0.4, -0.2) is 25.2 Å². The van der Waals surface area contributed by atoms with Gasteiger partial charge in [-0.15, -0.1) is 0 Å². The van der Waals surface area contributed by atoms with Gasteiger partial charge in [0.15, 0.2) is 0 Å². The van der Waals surface area contributed by atoms with Crippen LogP contribution in [0.15, 0.2) is 0 Å². The Morgan fingerprint density at radius 3 is 3.00 bits per heavy atom. The van der Waals surface area contributed by atoms with Gasteiger partial charge in [0.2, 0.25) is 0 Å². The first kappa shape index (κ1) is 7.03. The van der Waals surface area contributed by atoms with Gasteiger partial charge in [0.25, 0.3) is 0 Å². The lowest BCUT2D eigenvalue weighted by molar-refractivity contribution is 0.393. The highest BCUT2D eigenvalue weighted by molar-refractivity contribution is 4.81. The summed E-state index contributed by atoms with van der Waals surface area (Å²) >= 11 is 0. The lowest BCUT2D eigenvalue weighted by Crippen LogP contribution is -2.40. The first-order valence-electron chi connectivity index (χ1n) is 3.60. The SMILES string of the molecule is CC1(C)CNCCC[N]1. The summed E-state index contributed by atoms with van der Waals surface area (Å²) in [7, 11) is 0. The van der Waals surface area contributed by atoms with Crippen molar-refractivity contribution in [3.8, 4) is 0 Å². The van der Waals surface area contributed by atoms with Crippen LogP contribution in [0.3, 0.4) is 0 Å². The van der Waals surface area contributed by atoms with E-state index in [0.717, 1.165) is 19.6 Å². The molecule has 1 saturated heterocycles. The van der Waals surface area contributed by atoms with E-state index in [2.05, 4.69) is 24.5 Å². The molecular weight excluding hydrogens is 112 g/mol. The second-order valence-electron chi connectivity index (χ2n) is 3.22. The third-order valence-electron chi connectivity index (χ3n) is 1.61. The molecule has 0 aromatic carbocycles. The Bertz CT molecular complexity index is 78.9. The second-order valence-corrected chi connectivity index (χ2v) is 3.22. The first-order chi connectivity index (χ1) is 4.21. The zero-order valence-corrected chi connectivity index (χ0v) is 6.28. The normalized spacial score (nSPS) is 27.3. The average molecular weight is 127 g/mol. The molecule has 1 radical (unpaired) electrons. The van der Waals surface area contributed by atoms with Crippen LogP contribution in [-0.2, 0) is 0 Å². The maximum absolute atomic E-state index is 4.49. The van der Waals surface area contributed by atoms with Crippen LogP contribution < -0.4 is 10.6 Å². The molecule has 1 N–H and O–H groups in total. The molecule has 0 amide bonds. The molecule has 1 rings (SSSR count). The van der Waals surface area contributed by atoms with Gasteiger partial charge in [-0.25, -0.2) is 5.32 Å². The highest BCUT2D eigenvalue weighted by atomic mass is 15.0. The van der Waals surface area contributed by atoms with Crippen molar-refractivity contribution in [1.29, 1.82) is 0 Å². The van der Waals surface area contributed by atoms with Crippen LogP contribution >= 0.6 is 0 Å². The highest BCUT2D eigenvalue weighted by Gasteiger charge is 2.19. The van der Waals surface area contributed by atoms with E-state index in [0.29, 0.717) is 0 Å². The predicted octanol–water partition coefficient (Wildman–Crippen LogP) is 0.363. The fourth-order valence-electron chi connectivity index (χ4n) is 1.04. The van der Waals surface area contributed by atoms with E-state index >= 15 is 0 Å². The molecule has 0 aromatic heterocycles. The minimum absolute atomic E-state index is 0.177. The smallest absolute Gasteiger partial charge is 0.0424 e. The highest BCUT2D eigenvalue weighted by Crippen LogP contribution is 2.04. The quantitative estimate of drug-likeness (QED) is 0.499. The summed E-state index contributed by atoms with van der Waals surface area (Å²) in [4.78, 5) is 0. The molecule has 2 heteroatoms. The van der Waals surface area contributed by atoms with Gasteiger partial charge in [-0.05, 0) is 26.8 Å². The lowest BCUT2D eigenvalue weighted by Gasteiger charge is -2.20. The molecule has 0 spiro atoms. The molecule has 1 fully saturated rings. The standard InChI is InChI=1S/C7H15N2/c1-7(2)6-8-4-3-5-9-7/h8H,3-6H2,1-2H3. The van der Waals surface area contributed by atoms with Gasteiger partial charge >= 0.3 is 0 Å². The molecule has 2 nitrogen and oxygen atoms in total. The molecule has 0 aliphatic carbocycles. The monoisotopic (exact) mass is 127 g/mol. The molecule has 0 bridgehead atoms. The molecule has 1 aliphatic rings. The van der Waals surface area contributed by atoms with Crippen molar-refractivity contribution in [2.75, 3.05) is 19.6 Å². The molecule has 53 valence electrons. The van der Waals surface area contributed by atoms with Gasteiger partial charge < -0.3 is 5.32 Å². The van der Waals surface area contributed by atoms with Crippen molar-refractivity contribution >= 4 is 0 Å². The summed E-state index contributed by atoms with van der Waals surface area (Å²) in [6, 6.07) is 0. The van der Waals surface area contributed by atoms with E-state index < -0.39 is 0 Å². The summed E-state index contributed by atoms with van der Waals surface area (Å²) in [6.45, 7) is 7.54. The Kier molecular flexibility index (Phi) is 2.09. The maximum atomic E-state index is 4.49. The van der Waals surface area contributed by atoms with Crippen molar-refractivity contribution in [3.63, 3.8) is 0 Å². The van der Waals surface area contributed by atoms with Crippen molar-refractivity contribution in [1.82, 2.24) is 10.6 Å². The Labute approximate surface area is 57.0 Å². The maximum Gasteiger partial charge on any atom is 0.0424 e. The number of nitrogens with one attached hydrogen (secondary N) is 1. The van der Waals surface area contributed by atoms with Crippen molar-refractivity contribution in [3.05, 3.63) is 0 Å². The summed E-state index contributed by atoms with van der Waals surface area (Å²) in [5.41, 5.74) is 0.177. The molecule has 0 saturated carbocycles. The first-order valence-corrected chi connectivity index (χ1v) is 3.60. The molecule has 9 heavy (non-hydrogen) atoms. The van der Waals surface area contributed by atoms with Gasteiger partial charge in [0.05, 0.1) is 0 Å². The van der Waals surface area contributed by atoms with Crippen LogP contribution in [0.1, 0.15) is 20.3 Å². The van der Waals surface area contributed by atoms with E-state index in [1.807, 2.05) is 0 Å². The van der Waals surface area contributed by atoms with Gasteiger partial charge in [-0.1, -0.05) is 0 Å². The number of hydrogen-bond donors (Lipinski definition) is 1. The molecule has 0 unspecified atom stereocenters. The number of nitrogens with zero attached hydrogens (tertiary/aromatic N) is 1. The minimum Gasteiger partial charge on any atom is -0.315 e. The van der Waals surface area contributed by atoms with E-state index in [9.17, 15) is 0 Å². The van der Waals surface area contributed by atoms with Gasteiger partial charge in [-0.3, -0.25) is 0 Å². The predicted molar refractivity (Wildman–Crippen MR) is 38.6 cm³/mol. The van der Waals surface area contributed by atoms with Gasteiger partial charge in [0, 0.05) is 18.6 Å². The van der Waals surface area contributed by atoms with Crippen LogP contribution in [0, 0.1) is 0 Å². The molecule has 0 aromatic rings. The van der Waals surface area contributed by atoms with Crippen LogP contribution in [0.25, 0.3) is 0 Å². The van der Waals surface area contributed by atoms with Gasteiger partial charge in [-0.2, -0.15) is 0 Å². The van der Waals surface area contributed by atoms with Crippen molar-refractivity contribution < 1.29 is 0 Å². The topological polar surface area (TPSA) is 26.1 Å². The molecular formula is C7H15N2. The molecule has 0 atom stereocenters. The van der Waals surface area contributed by atoms with Crippen molar-refractivity contribution in [2.45, 2.75) is 25.8 Å². The van der Waals surface area contributed by atoms with E-state index in [1.54, 1.807) is 0 Å². The fraction of sp³-hybridized carbons (Fsp3) is 1.00. The summed E-state index contributed by atoms with van der Waals surface area (Å²) in [5, 5.41) is 7.84. The fourth-order valence-corrected chi connectivity index (χ4v) is 1.04. The van der Waals surface area contributed by atoms with E-state index in [1.165, 1.54) is 6.42 Å². The molecule has 1 heterocycles. The summed E-state index contributed by atoms with van der Waals surface area (Å²) < 4.78 is 0. The molecule has 1 aliphatic heterocycles. The van der Waals surface area contributed by atoms with Crippen LogP contribution in [0.2, 0.25) is 0 Å². The third-order valence-corrected chi connectivity index (χ3v) is 1.61. The third kappa shape index (κ3) is 2.33. The largest absolute Gasteiger partial charge is 0.315 e. The Morgan fingerprint density at radius 1 is 1.44 bits per heavy atom. The van der Waals surface area contributed by atoms with Crippen LogP contribution in [0.5, 0.6) is 0 Å². The average Bonchev–Trinajstić information content (AvgIpc) is 1.92. The zero-order chi connectivity index (χ0) is 6.74. The van der Waals surface area contributed by atoms with Gasteiger partial charge in [0.1, 0.15) is 0 Å². The zero-order valence-electron chi connectivity index (χ0n) is 6.28. The number of rotatable bonds is 0. The van der Waals surface area contributed by atoms with Crippen molar-refractivity contribution in [2.24, 2.45) is 0 Å². The number of hydrogen-bond acceptors (Lipinski definition) is 1. The lowest BCUT2D eigenvalue weighted by atomic mass is 10.1. The van der Waals surface area contributed by atoms with E-state index in [-0.39, 0.29) is 5.54 Å². The Hall–Kier alpha value is -0.0800. The Morgan fingerprint density at radius 2 is 2.22 bits per heavy atom. The second kappa shape index (κ2) is 2.67.